The molecule has 8 aromatic rings. The summed E-state index contributed by atoms with van der Waals surface area (Å²) in [5.74, 6) is 1.89. The highest BCUT2D eigenvalue weighted by Crippen LogP contribution is 2.58. The number of carbonyl (C=O) groups is 2. The third-order valence-corrected chi connectivity index (χ3v) is 16.1. The molecular formula is C70H66N4O2. The highest BCUT2D eigenvalue weighted by atomic mass is 16.1. The molecule has 12 rings (SSSR count). The summed E-state index contributed by atoms with van der Waals surface area (Å²) in [6.07, 6.45) is 9.00. The fraction of sp³-hybridized carbons (Fsp3) is 0.257. The first kappa shape index (κ1) is 48.9. The van der Waals surface area contributed by atoms with Crippen molar-refractivity contribution in [2.45, 2.75) is 94.2 Å². The highest BCUT2D eigenvalue weighted by Gasteiger charge is 2.52. The third-order valence-electron chi connectivity index (χ3n) is 16.1. The van der Waals surface area contributed by atoms with Gasteiger partial charge < -0.3 is 9.13 Å². The second-order valence-electron chi connectivity index (χ2n) is 25.5. The van der Waals surface area contributed by atoms with E-state index in [1.165, 1.54) is 0 Å². The van der Waals surface area contributed by atoms with Crippen molar-refractivity contribution < 1.29 is 9.59 Å². The van der Waals surface area contributed by atoms with E-state index >= 15 is 0 Å². The Balaban J connectivity index is 1.15. The first-order chi connectivity index (χ1) is 36.0. The second-order valence-corrected chi connectivity index (χ2v) is 25.5. The molecule has 0 bridgehead atoms. The Labute approximate surface area is 448 Å². The predicted molar refractivity (Wildman–Crippen MR) is 310 cm³/mol. The van der Waals surface area contributed by atoms with Crippen molar-refractivity contribution in [3.63, 3.8) is 0 Å². The van der Waals surface area contributed by atoms with Crippen molar-refractivity contribution in [2.75, 3.05) is 0 Å². The maximum absolute atomic E-state index is 14.8. The van der Waals surface area contributed by atoms with Gasteiger partial charge >= 0.3 is 0 Å². The summed E-state index contributed by atoms with van der Waals surface area (Å²) < 4.78 is 4.84. The van der Waals surface area contributed by atoms with Crippen LogP contribution < -0.4 is 0 Å². The van der Waals surface area contributed by atoms with Crippen LogP contribution in [-0.4, -0.2) is 30.7 Å². The SMILES string of the molecule is CC(C)(C)C1=CC2(C=C(C(C)(C)C)C1=O)c1ccc(-c3ccc4c(c3)-c3nc(-c5ccccc5)c(-c5ccccc5)n3C43C=C(C(C)(C)C)C(=O)C(C(C)(C)C)=C3)cc1-c1nc(-c3ccccc3)c(-c3ccccc3)n12. The van der Waals surface area contributed by atoms with Gasteiger partial charge in [-0.3, -0.25) is 9.59 Å². The van der Waals surface area contributed by atoms with Crippen molar-refractivity contribution in [1.82, 2.24) is 19.1 Å². The quantitative estimate of drug-likeness (QED) is 0.172. The van der Waals surface area contributed by atoms with Crippen LogP contribution in [0.4, 0.5) is 0 Å². The molecule has 76 heavy (non-hydrogen) atoms. The van der Waals surface area contributed by atoms with E-state index in [1.54, 1.807) is 0 Å². The van der Waals surface area contributed by atoms with E-state index in [2.05, 4.69) is 262 Å². The summed E-state index contributed by atoms with van der Waals surface area (Å²) in [5.41, 5.74) is 13.8. The number of imidazole rings is 2. The number of hydrogen-bond acceptors (Lipinski definition) is 4. The van der Waals surface area contributed by atoms with Crippen LogP contribution in [-0.2, 0) is 20.7 Å². The fourth-order valence-corrected chi connectivity index (χ4v) is 12.3. The molecule has 0 radical (unpaired) electrons. The average Bonchev–Trinajstić information content (AvgIpc) is 4.13. The summed E-state index contributed by atoms with van der Waals surface area (Å²) in [7, 11) is 0. The number of nitrogens with zero attached hydrogens (tertiary/aromatic N) is 4. The normalized spacial score (nSPS) is 16.5. The first-order valence-electron chi connectivity index (χ1n) is 26.8. The molecule has 0 saturated carbocycles. The summed E-state index contributed by atoms with van der Waals surface area (Å²) in [6, 6.07) is 55.8. The molecule has 2 spiro atoms. The summed E-state index contributed by atoms with van der Waals surface area (Å²) in [4.78, 5) is 41.1. The number of aromatic nitrogens is 4. The topological polar surface area (TPSA) is 69.8 Å². The number of carbonyl (C=O) groups excluding carboxylic acids is 2. The molecule has 2 aromatic heterocycles. The minimum absolute atomic E-state index is 0.0956. The van der Waals surface area contributed by atoms with Gasteiger partial charge in [-0.15, -0.1) is 0 Å². The van der Waals surface area contributed by atoms with Crippen LogP contribution in [0.25, 0.3) is 78.9 Å². The summed E-state index contributed by atoms with van der Waals surface area (Å²) >= 11 is 0. The smallest absolute Gasteiger partial charge is 0.185 e. The highest BCUT2D eigenvalue weighted by molar-refractivity contribution is 6.13. The van der Waals surface area contributed by atoms with Crippen LogP contribution in [0.3, 0.4) is 0 Å². The molecule has 6 heteroatoms. The average molecular weight is 995 g/mol. The number of Topliss-reactive ketones (excluding diaryl/α,β-unsaturated/α-hetero) is 2. The lowest BCUT2D eigenvalue weighted by Crippen LogP contribution is -2.38. The maximum atomic E-state index is 14.8. The lowest BCUT2D eigenvalue weighted by Gasteiger charge is -2.39. The molecule has 0 fully saturated rings. The Morgan fingerprint density at radius 1 is 0.342 bits per heavy atom. The first-order valence-corrected chi connectivity index (χ1v) is 26.8. The van der Waals surface area contributed by atoms with E-state index in [0.717, 1.165) is 112 Å². The van der Waals surface area contributed by atoms with E-state index in [9.17, 15) is 9.59 Å². The van der Waals surface area contributed by atoms with Crippen LogP contribution in [0.15, 0.2) is 204 Å². The van der Waals surface area contributed by atoms with Crippen LogP contribution in [0.5, 0.6) is 0 Å². The second kappa shape index (κ2) is 16.8. The molecule has 0 amide bonds. The minimum atomic E-state index is -0.878. The number of hydrogen-bond donors (Lipinski definition) is 0. The maximum Gasteiger partial charge on any atom is 0.185 e. The van der Waals surface area contributed by atoms with Crippen molar-refractivity contribution >= 4 is 11.6 Å². The molecule has 0 N–H and O–H groups in total. The zero-order valence-corrected chi connectivity index (χ0v) is 45.9. The van der Waals surface area contributed by atoms with Gasteiger partial charge in [-0.25, -0.2) is 9.97 Å². The number of rotatable bonds is 5. The van der Waals surface area contributed by atoms with E-state index in [1.807, 2.05) is 12.1 Å². The van der Waals surface area contributed by atoms with Gasteiger partial charge in [0, 0.05) is 55.7 Å². The van der Waals surface area contributed by atoms with E-state index in [-0.39, 0.29) is 11.6 Å². The largest absolute Gasteiger partial charge is 0.306 e. The number of ketones is 2. The predicted octanol–water partition coefficient (Wildman–Crippen LogP) is 16.9. The Morgan fingerprint density at radius 2 is 0.618 bits per heavy atom. The zero-order valence-electron chi connectivity index (χ0n) is 45.9. The van der Waals surface area contributed by atoms with E-state index in [0.29, 0.717) is 0 Å². The van der Waals surface area contributed by atoms with Crippen molar-refractivity contribution in [2.24, 2.45) is 21.7 Å². The monoisotopic (exact) mass is 995 g/mol. The lowest BCUT2D eigenvalue weighted by atomic mass is 9.67. The molecule has 2 aliphatic heterocycles. The van der Waals surface area contributed by atoms with Gasteiger partial charge in [-0.05, 0) is 80.4 Å². The minimum Gasteiger partial charge on any atom is -0.306 e. The van der Waals surface area contributed by atoms with Crippen LogP contribution in [0.1, 0.15) is 94.2 Å². The van der Waals surface area contributed by atoms with E-state index in [4.69, 9.17) is 9.97 Å². The van der Waals surface area contributed by atoms with Crippen LogP contribution >= 0.6 is 0 Å². The molecular weight excluding hydrogens is 929 g/mol. The number of benzene rings is 6. The van der Waals surface area contributed by atoms with Crippen molar-refractivity contribution in [3.8, 4) is 78.9 Å². The molecule has 6 nitrogen and oxygen atoms in total. The number of allylic oxidation sites excluding steroid dienone is 8. The van der Waals surface area contributed by atoms with Gasteiger partial charge in [0.1, 0.15) is 22.7 Å². The molecule has 0 unspecified atom stereocenters. The van der Waals surface area contributed by atoms with Crippen molar-refractivity contribution in [1.29, 1.82) is 0 Å². The van der Waals surface area contributed by atoms with Gasteiger partial charge in [-0.2, -0.15) is 0 Å². The molecule has 0 atom stereocenters. The Hall–Kier alpha value is -7.96. The third kappa shape index (κ3) is 7.42. The Kier molecular flexibility index (Phi) is 10.8. The van der Waals surface area contributed by atoms with Crippen LogP contribution in [0, 0.1) is 21.7 Å². The fourth-order valence-electron chi connectivity index (χ4n) is 12.3. The van der Waals surface area contributed by atoms with Gasteiger partial charge in [0.05, 0.1) is 22.8 Å². The van der Waals surface area contributed by atoms with Crippen molar-refractivity contribution in [3.05, 3.63) is 215 Å². The van der Waals surface area contributed by atoms with Gasteiger partial charge in [0.25, 0.3) is 0 Å². The van der Waals surface area contributed by atoms with Crippen LogP contribution in [0.2, 0.25) is 0 Å². The van der Waals surface area contributed by atoms with Gasteiger partial charge in [-0.1, -0.05) is 229 Å². The lowest BCUT2D eigenvalue weighted by molar-refractivity contribution is -0.115. The molecule has 378 valence electrons. The Morgan fingerprint density at radius 3 is 0.895 bits per heavy atom. The summed E-state index contributed by atoms with van der Waals surface area (Å²) in [6.45, 7) is 25.8. The molecule has 0 saturated heterocycles. The zero-order chi connectivity index (χ0) is 53.5. The Bertz CT molecular complexity index is 3530. The van der Waals surface area contributed by atoms with Gasteiger partial charge in [0.2, 0.25) is 0 Å². The summed E-state index contributed by atoms with van der Waals surface area (Å²) in [5, 5.41) is 0. The molecule has 4 heterocycles. The molecule has 6 aromatic carbocycles. The molecule has 2 aliphatic carbocycles. The molecule has 4 aliphatic rings. The standard InChI is InChI=1S/C70H66N4O2/c1-65(2,3)53-39-69(40-54(61(53)75)66(4,5)6)51-35-33-47(37-49(51)63-71-57(43-25-17-13-18-26-43)59(73(63)69)45-29-21-15-22-30-45)48-34-36-52-50(38-48)64-72-58(44-27-19-14-20-28-44)60(46-31-23-16-24-32-46)74(64)70(52)41-55(67(7,8)9)62(76)56(42-70)68(10,11)12/h13-42H,1-12H3. The van der Waals surface area contributed by atoms with Gasteiger partial charge in [0.15, 0.2) is 11.6 Å². The van der Waals surface area contributed by atoms with E-state index < -0.39 is 32.7 Å². The number of fused-ring (bicyclic) bond motifs is 10.